The van der Waals surface area contributed by atoms with Crippen LogP contribution in [0.15, 0.2) is 48.0 Å². The van der Waals surface area contributed by atoms with Crippen molar-refractivity contribution < 1.29 is 9.53 Å². The first-order valence-electron chi connectivity index (χ1n) is 8.10. The number of methoxy groups -OCH3 is 1. The van der Waals surface area contributed by atoms with Crippen molar-refractivity contribution in [2.45, 2.75) is 32.6 Å². The Balaban J connectivity index is 1.88. The number of Topliss-reactive ketones (excluding diaryl/α,β-unsaturated/α-hetero) is 1. The Morgan fingerprint density at radius 1 is 1.04 bits per heavy atom. The Morgan fingerprint density at radius 2 is 1.78 bits per heavy atom. The highest BCUT2D eigenvalue weighted by molar-refractivity contribution is 6.13. The van der Waals surface area contributed by atoms with E-state index in [0.29, 0.717) is 5.92 Å². The lowest BCUT2D eigenvalue weighted by molar-refractivity contribution is 0.102. The summed E-state index contributed by atoms with van der Waals surface area (Å²) in [6, 6.07) is 14.2. The van der Waals surface area contributed by atoms with Crippen molar-refractivity contribution in [1.82, 2.24) is 0 Å². The Hall–Kier alpha value is -2.35. The van der Waals surface area contributed by atoms with E-state index in [1.165, 1.54) is 5.56 Å². The molecule has 0 radical (unpaired) electrons. The lowest BCUT2D eigenvalue weighted by Gasteiger charge is -2.18. The molecule has 2 nitrogen and oxygen atoms in total. The summed E-state index contributed by atoms with van der Waals surface area (Å²) in [5.74, 6) is 1.48. The van der Waals surface area contributed by atoms with Gasteiger partial charge in [-0.3, -0.25) is 4.79 Å². The zero-order chi connectivity index (χ0) is 16.4. The third-order valence-corrected chi connectivity index (χ3v) is 4.46. The van der Waals surface area contributed by atoms with Gasteiger partial charge in [0.25, 0.3) is 0 Å². The van der Waals surface area contributed by atoms with Crippen LogP contribution in [0.3, 0.4) is 0 Å². The number of fused-ring (bicyclic) bond motifs is 1. The summed E-state index contributed by atoms with van der Waals surface area (Å²) >= 11 is 0. The van der Waals surface area contributed by atoms with Gasteiger partial charge in [0.15, 0.2) is 5.78 Å². The number of hydrogen-bond donors (Lipinski definition) is 0. The Bertz CT molecular complexity index is 752. The largest absolute Gasteiger partial charge is 0.497 e. The van der Waals surface area contributed by atoms with E-state index < -0.39 is 0 Å². The minimum absolute atomic E-state index is 0.141. The van der Waals surface area contributed by atoms with Crippen molar-refractivity contribution in [3.05, 3.63) is 70.3 Å². The Kier molecular flexibility index (Phi) is 4.33. The topological polar surface area (TPSA) is 26.3 Å². The van der Waals surface area contributed by atoms with Gasteiger partial charge in [-0.25, -0.2) is 0 Å². The van der Waals surface area contributed by atoms with Crippen molar-refractivity contribution in [1.29, 1.82) is 0 Å². The van der Waals surface area contributed by atoms with Gasteiger partial charge in [-0.1, -0.05) is 38.1 Å². The lowest BCUT2D eigenvalue weighted by Crippen LogP contribution is -2.14. The van der Waals surface area contributed by atoms with E-state index in [0.717, 1.165) is 40.9 Å². The highest BCUT2D eigenvalue weighted by Gasteiger charge is 2.22. The van der Waals surface area contributed by atoms with Gasteiger partial charge in [0, 0.05) is 11.1 Å². The molecular formula is C21H22O2. The number of allylic oxidation sites excluding steroid dienone is 1. The molecule has 0 amide bonds. The highest BCUT2D eigenvalue weighted by atomic mass is 16.5. The molecule has 1 aliphatic carbocycles. The normalized spacial score (nSPS) is 15.8. The number of carbonyl (C=O) groups is 1. The molecule has 118 valence electrons. The maximum absolute atomic E-state index is 12.7. The van der Waals surface area contributed by atoms with Crippen LogP contribution >= 0.6 is 0 Å². The molecule has 1 aliphatic rings. The zero-order valence-corrected chi connectivity index (χ0v) is 13.9. The van der Waals surface area contributed by atoms with Gasteiger partial charge >= 0.3 is 0 Å². The van der Waals surface area contributed by atoms with E-state index in [4.69, 9.17) is 4.74 Å². The summed E-state index contributed by atoms with van der Waals surface area (Å²) in [7, 11) is 1.65. The number of rotatable bonds is 3. The van der Waals surface area contributed by atoms with Gasteiger partial charge < -0.3 is 4.74 Å². The van der Waals surface area contributed by atoms with E-state index in [-0.39, 0.29) is 5.78 Å². The highest BCUT2D eigenvalue weighted by Crippen LogP contribution is 2.29. The first kappa shape index (κ1) is 15.5. The van der Waals surface area contributed by atoms with Gasteiger partial charge in [0.05, 0.1) is 7.11 Å². The second-order valence-electron chi connectivity index (χ2n) is 6.34. The number of aryl methyl sites for hydroxylation is 1. The number of benzene rings is 2. The van der Waals surface area contributed by atoms with E-state index in [1.54, 1.807) is 7.11 Å². The molecule has 2 aromatic carbocycles. The maximum Gasteiger partial charge on any atom is 0.189 e. The first-order valence-corrected chi connectivity index (χ1v) is 8.10. The fraction of sp³-hybridized carbons (Fsp3) is 0.286. The smallest absolute Gasteiger partial charge is 0.189 e. The van der Waals surface area contributed by atoms with Crippen LogP contribution in [0.2, 0.25) is 0 Å². The van der Waals surface area contributed by atoms with Crippen LogP contribution < -0.4 is 4.74 Å². The molecule has 0 fully saturated rings. The van der Waals surface area contributed by atoms with Crippen LogP contribution in [0, 0.1) is 0 Å². The Labute approximate surface area is 137 Å². The van der Waals surface area contributed by atoms with Crippen LogP contribution in [0.25, 0.3) is 6.08 Å². The monoisotopic (exact) mass is 306 g/mol. The van der Waals surface area contributed by atoms with E-state index in [9.17, 15) is 4.79 Å². The fourth-order valence-electron chi connectivity index (χ4n) is 3.00. The quantitative estimate of drug-likeness (QED) is 0.743. The first-order chi connectivity index (χ1) is 11.1. The summed E-state index contributed by atoms with van der Waals surface area (Å²) in [4.78, 5) is 12.7. The molecule has 3 rings (SSSR count). The van der Waals surface area contributed by atoms with Gasteiger partial charge in [-0.05, 0) is 59.7 Å². The van der Waals surface area contributed by atoms with Gasteiger partial charge in [0.1, 0.15) is 5.75 Å². The molecule has 0 N–H and O–H groups in total. The number of hydrogen-bond acceptors (Lipinski definition) is 2. The van der Waals surface area contributed by atoms with Crippen molar-refractivity contribution >= 4 is 11.9 Å². The standard InChI is InChI=1S/C21H22O2/c1-14(2)16-6-4-15(5-7-16)12-18-9-8-17-13-19(23-3)10-11-20(17)21(18)22/h4-7,10-14H,8-9H2,1-3H3/b18-12-. The van der Waals surface area contributed by atoms with Gasteiger partial charge in [-0.15, -0.1) is 0 Å². The molecule has 0 heterocycles. The summed E-state index contributed by atoms with van der Waals surface area (Å²) in [6.45, 7) is 4.37. The van der Waals surface area contributed by atoms with E-state index in [1.807, 2.05) is 24.3 Å². The van der Waals surface area contributed by atoms with Crippen LogP contribution in [-0.4, -0.2) is 12.9 Å². The number of ketones is 1. The maximum atomic E-state index is 12.7. The van der Waals surface area contributed by atoms with Gasteiger partial charge in [0.2, 0.25) is 0 Å². The van der Waals surface area contributed by atoms with E-state index >= 15 is 0 Å². The van der Waals surface area contributed by atoms with Crippen molar-refractivity contribution in [3.63, 3.8) is 0 Å². The molecule has 2 heteroatoms. The van der Waals surface area contributed by atoms with Crippen molar-refractivity contribution in [2.75, 3.05) is 7.11 Å². The predicted octanol–water partition coefficient (Wildman–Crippen LogP) is 5.03. The minimum atomic E-state index is 0.141. The lowest BCUT2D eigenvalue weighted by atomic mass is 9.86. The van der Waals surface area contributed by atoms with Gasteiger partial charge in [-0.2, -0.15) is 0 Å². The molecule has 0 atom stereocenters. The molecule has 23 heavy (non-hydrogen) atoms. The zero-order valence-electron chi connectivity index (χ0n) is 13.9. The van der Waals surface area contributed by atoms with Crippen LogP contribution in [-0.2, 0) is 6.42 Å². The SMILES string of the molecule is COc1ccc2c(c1)CC/C(=C/c1ccc(C(C)C)cc1)C2=O. The Morgan fingerprint density at radius 3 is 2.43 bits per heavy atom. The minimum Gasteiger partial charge on any atom is -0.497 e. The van der Waals surface area contributed by atoms with Crippen molar-refractivity contribution in [2.24, 2.45) is 0 Å². The third kappa shape index (κ3) is 3.21. The molecule has 0 aliphatic heterocycles. The predicted molar refractivity (Wildman–Crippen MR) is 94.2 cm³/mol. The number of ether oxygens (including phenoxy) is 1. The summed E-state index contributed by atoms with van der Waals surface area (Å²) in [6.07, 6.45) is 3.69. The molecule has 0 spiro atoms. The molecular weight excluding hydrogens is 284 g/mol. The molecule has 0 bridgehead atoms. The summed E-state index contributed by atoms with van der Waals surface area (Å²) < 4.78 is 5.24. The van der Waals surface area contributed by atoms with Crippen LogP contribution in [0.5, 0.6) is 5.75 Å². The fourth-order valence-corrected chi connectivity index (χ4v) is 3.00. The molecule has 0 aromatic heterocycles. The van der Waals surface area contributed by atoms with Crippen molar-refractivity contribution in [3.8, 4) is 5.75 Å². The molecule has 0 unspecified atom stereocenters. The third-order valence-electron chi connectivity index (χ3n) is 4.46. The second-order valence-corrected chi connectivity index (χ2v) is 6.34. The van der Waals surface area contributed by atoms with Crippen LogP contribution in [0.1, 0.15) is 53.2 Å². The molecule has 0 saturated carbocycles. The summed E-state index contributed by atoms with van der Waals surface area (Å²) in [5, 5.41) is 0. The van der Waals surface area contributed by atoms with Crippen LogP contribution in [0.4, 0.5) is 0 Å². The van der Waals surface area contributed by atoms with E-state index in [2.05, 4.69) is 38.1 Å². The molecule has 0 saturated heterocycles. The summed E-state index contributed by atoms with van der Waals surface area (Å²) in [5.41, 5.74) is 5.19. The average molecular weight is 306 g/mol. The molecule has 2 aromatic rings. The number of carbonyl (C=O) groups excluding carboxylic acids is 1. The average Bonchev–Trinajstić information content (AvgIpc) is 2.57. The second kappa shape index (κ2) is 6.41.